The van der Waals surface area contributed by atoms with Gasteiger partial charge in [0, 0.05) is 12.3 Å². The molecule has 0 saturated carbocycles. The summed E-state index contributed by atoms with van der Waals surface area (Å²) >= 11 is 0. The van der Waals surface area contributed by atoms with Crippen LogP contribution in [0.2, 0.25) is 0 Å². The molecule has 0 aliphatic heterocycles. The van der Waals surface area contributed by atoms with Gasteiger partial charge in [-0.1, -0.05) is 19.9 Å². The van der Waals surface area contributed by atoms with Gasteiger partial charge in [0.2, 0.25) is 0 Å². The van der Waals surface area contributed by atoms with Gasteiger partial charge in [-0.2, -0.15) is 5.26 Å². The van der Waals surface area contributed by atoms with Crippen LogP contribution in [0.3, 0.4) is 0 Å². The number of hydrogen-bond acceptors (Lipinski definition) is 3. The first kappa shape index (κ1) is 10.7. The lowest BCUT2D eigenvalue weighted by Gasteiger charge is -1.95. The summed E-state index contributed by atoms with van der Waals surface area (Å²) in [7, 11) is 0. The van der Waals surface area contributed by atoms with Gasteiger partial charge in [0.25, 0.3) is 0 Å². The molecule has 1 aromatic heterocycles. The van der Waals surface area contributed by atoms with Crippen LogP contribution in [0.5, 0.6) is 0 Å². The van der Waals surface area contributed by atoms with E-state index >= 15 is 0 Å². The van der Waals surface area contributed by atoms with E-state index in [9.17, 15) is 0 Å². The molecule has 2 aromatic rings. The van der Waals surface area contributed by atoms with Crippen LogP contribution in [0.15, 0.2) is 22.6 Å². The van der Waals surface area contributed by atoms with E-state index in [1.165, 1.54) is 0 Å². The highest BCUT2D eigenvalue weighted by atomic mass is 16.3. The minimum absolute atomic E-state index is 0.301. The molecule has 3 nitrogen and oxygen atoms in total. The molecular formula is C13H14N2O. The molecule has 0 saturated heterocycles. The van der Waals surface area contributed by atoms with Crippen LogP contribution in [0.1, 0.15) is 37.6 Å². The topological polar surface area (TPSA) is 49.8 Å². The minimum Gasteiger partial charge on any atom is -0.440 e. The largest absolute Gasteiger partial charge is 0.440 e. The molecule has 0 radical (unpaired) electrons. The Balaban J connectivity index is 2.35. The number of aromatic nitrogens is 1. The highest BCUT2D eigenvalue weighted by molar-refractivity contribution is 5.73. The van der Waals surface area contributed by atoms with Gasteiger partial charge in [-0.3, -0.25) is 0 Å². The Kier molecular flexibility index (Phi) is 2.91. The zero-order chi connectivity index (χ0) is 11.5. The van der Waals surface area contributed by atoms with Crippen molar-refractivity contribution in [3.8, 4) is 6.07 Å². The zero-order valence-corrected chi connectivity index (χ0v) is 9.53. The first-order chi connectivity index (χ1) is 7.70. The predicted octanol–water partition coefficient (Wildman–Crippen LogP) is 3.41. The third kappa shape index (κ3) is 2.06. The van der Waals surface area contributed by atoms with E-state index in [2.05, 4.69) is 24.9 Å². The lowest BCUT2D eigenvalue weighted by molar-refractivity contribution is 0.501. The van der Waals surface area contributed by atoms with Crippen molar-refractivity contribution < 1.29 is 4.42 Å². The second-order valence-corrected chi connectivity index (χ2v) is 4.17. The van der Waals surface area contributed by atoms with Crippen molar-refractivity contribution in [2.24, 2.45) is 0 Å². The van der Waals surface area contributed by atoms with Crippen molar-refractivity contribution in [2.75, 3.05) is 0 Å². The van der Waals surface area contributed by atoms with Gasteiger partial charge in [0.05, 0.1) is 6.07 Å². The molecular weight excluding hydrogens is 200 g/mol. The third-order valence-electron chi connectivity index (χ3n) is 2.49. The summed E-state index contributed by atoms with van der Waals surface area (Å²) in [5.41, 5.74) is 2.84. The number of aryl methyl sites for hydroxylation is 1. The van der Waals surface area contributed by atoms with Crippen molar-refractivity contribution in [3.05, 3.63) is 29.7 Å². The number of fused-ring (bicyclic) bond motifs is 1. The lowest BCUT2D eigenvalue weighted by Crippen LogP contribution is -1.84. The molecule has 82 valence electrons. The summed E-state index contributed by atoms with van der Waals surface area (Å²) in [5.74, 6) is 1.07. The average Bonchev–Trinajstić information content (AvgIpc) is 2.69. The average molecular weight is 214 g/mol. The Morgan fingerprint density at radius 3 is 2.94 bits per heavy atom. The second kappa shape index (κ2) is 4.36. The second-order valence-electron chi connectivity index (χ2n) is 4.17. The number of benzene rings is 1. The maximum Gasteiger partial charge on any atom is 0.198 e. The standard InChI is InChI=1S/C13H14N2O/c1-9(2)13-15-11-6-5-10(4-3-7-14)8-12(11)16-13/h5-6,8-9H,3-4H2,1-2H3. The molecule has 0 fully saturated rings. The summed E-state index contributed by atoms with van der Waals surface area (Å²) in [6.07, 6.45) is 1.31. The molecule has 0 amide bonds. The number of nitrogens with zero attached hydrogens (tertiary/aromatic N) is 2. The van der Waals surface area contributed by atoms with E-state index in [4.69, 9.17) is 9.68 Å². The summed E-state index contributed by atoms with van der Waals surface area (Å²) in [6.45, 7) is 4.11. The molecule has 0 atom stereocenters. The molecule has 0 aliphatic rings. The highest BCUT2D eigenvalue weighted by Crippen LogP contribution is 2.22. The molecule has 0 unspecified atom stereocenters. The quantitative estimate of drug-likeness (QED) is 0.786. The van der Waals surface area contributed by atoms with Crippen molar-refractivity contribution in [1.29, 1.82) is 5.26 Å². The molecule has 3 heteroatoms. The molecule has 0 spiro atoms. The summed E-state index contributed by atoms with van der Waals surface area (Å²) in [6, 6.07) is 8.08. The Hall–Kier alpha value is -1.82. The SMILES string of the molecule is CC(C)c1nc2ccc(CCC#N)cc2o1. The van der Waals surface area contributed by atoms with Crippen LogP contribution in [-0.4, -0.2) is 4.98 Å². The highest BCUT2D eigenvalue weighted by Gasteiger charge is 2.09. The van der Waals surface area contributed by atoms with Gasteiger partial charge in [-0.05, 0) is 24.1 Å². The molecule has 0 aliphatic carbocycles. The summed E-state index contributed by atoms with van der Waals surface area (Å²) < 4.78 is 5.66. The van der Waals surface area contributed by atoms with Crippen LogP contribution < -0.4 is 0 Å². The molecule has 1 heterocycles. The van der Waals surface area contributed by atoms with Crippen LogP contribution >= 0.6 is 0 Å². The van der Waals surface area contributed by atoms with Crippen molar-refractivity contribution in [2.45, 2.75) is 32.6 Å². The molecule has 0 N–H and O–H groups in total. The Morgan fingerprint density at radius 2 is 2.25 bits per heavy atom. The summed E-state index contributed by atoms with van der Waals surface area (Å²) in [4.78, 5) is 4.40. The van der Waals surface area contributed by atoms with Crippen LogP contribution in [-0.2, 0) is 6.42 Å². The number of hydrogen-bond donors (Lipinski definition) is 0. The monoisotopic (exact) mass is 214 g/mol. The van der Waals surface area contributed by atoms with Crippen molar-refractivity contribution in [1.82, 2.24) is 4.98 Å². The number of nitriles is 1. The Bertz CT molecular complexity index is 534. The van der Waals surface area contributed by atoms with Gasteiger partial charge < -0.3 is 4.42 Å². The van der Waals surface area contributed by atoms with E-state index in [-0.39, 0.29) is 0 Å². The third-order valence-corrected chi connectivity index (χ3v) is 2.49. The van der Waals surface area contributed by atoms with Gasteiger partial charge >= 0.3 is 0 Å². The fraction of sp³-hybridized carbons (Fsp3) is 0.385. The molecule has 16 heavy (non-hydrogen) atoms. The zero-order valence-electron chi connectivity index (χ0n) is 9.53. The number of oxazole rings is 1. The molecule has 1 aromatic carbocycles. The van der Waals surface area contributed by atoms with E-state index < -0.39 is 0 Å². The first-order valence-corrected chi connectivity index (χ1v) is 5.47. The Morgan fingerprint density at radius 1 is 1.44 bits per heavy atom. The van der Waals surface area contributed by atoms with Crippen LogP contribution in [0, 0.1) is 11.3 Å². The number of rotatable bonds is 3. The minimum atomic E-state index is 0.301. The molecule has 2 rings (SSSR count). The predicted molar refractivity (Wildman–Crippen MR) is 62.0 cm³/mol. The van der Waals surface area contributed by atoms with E-state index in [0.29, 0.717) is 12.3 Å². The smallest absolute Gasteiger partial charge is 0.198 e. The fourth-order valence-electron chi connectivity index (χ4n) is 1.59. The maximum atomic E-state index is 8.53. The Labute approximate surface area is 94.7 Å². The van der Waals surface area contributed by atoms with E-state index in [1.807, 2.05) is 18.2 Å². The lowest BCUT2D eigenvalue weighted by atomic mass is 10.1. The van der Waals surface area contributed by atoms with Crippen molar-refractivity contribution >= 4 is 11.1 Å². The van der Waals surface area contributed by atoms with Gasteiger partial charge in [0.15, 0.2) is 11.5 Å². The van der Waals surface area contributed by atoms with Gasteiger partial charge in [0.1, 0.15) is 5.52 Å². The summed E-state index contributed by atoms with van der Waals surface area (Å²) in [5, 5.41) is 8.53. The van der Waals surface area contributed by atoms with Crippen LogP contribution in [0.4, 0.5) is 0 Å². The van der Waals surface area contributed by atoms with E-state index in [1.54, 1.807) is 0 Å². The van der Waals surface area contributed by atoms with Crippen LogP contribution in [0.25, 0.3) is 11.1 Å². The normalized spacial score (nSPS) is 10.9. The van der Waals surface area contributed by atoms with Gasteiger partial charge in [-0.15, -0.1) is 0 Å². The van der Waals surface area contributed by atoms with Crippen molar-refractivity contribution in [3.63, 3.8) is 0 Å². The maximum absolute atomic E-state index is 8.53. The van der Waals surface area contributed by atoms with Gasteiger partial charge in [-0.25, -0.2) is 4.98 Å². The first-order valence-electron chi connectivity index (χ1n) is 5.47. The fourth-order valence-corrected chi connectivity index (χ4v) is 1.59. The van der Waals surface area contributed by atoms with E-state index in [0.717, 1.165) is 29.0 Å². The molecule has 0 bridgehead atoms.